The van der Waals surface area contributed by atoms with Gasteiger partial charge < -0.3 is 10.6 Å². The zero-order valence-electron chi connectivity index (χ0n) is 13.0. The minimum atomic E-state index is -3.18. The topological polar surface area (TPSA) is 92.5 Å². The van der Waals surface area contributed by atoms with Gasteiger partial charge in [0.05, 0.1) is 11.8 Å². The highest BCUT2D eigenvalue weighted by Gasteiger charge is 2.29. The fourth-order valence-corrected chi connectivity index (χ4v) is 3.69. The van der Waals surface area contributed by atoms with Gasteiger partial charge in [0.1, 0.15) is 0 Å². The minimum Gasteiger partial charge on any atom is -0.341 e. The molecule has 3 N–H and O–H groups in total. The van der Waals surface area contributed by atoms with Gasteiger partial charge in [0, 0.05) is 19.1 Å². The second kappa shape index (κ2) is 8.92. The highest BCUT2D eigenvalue weighted by molar-refractivity contribution is 7.89. The normalized spacial score (nSPS) is 18.4. The molecule has 0 unspecified atom stereocenters. The molecule has 0 aromatic carbocycles. The third-order valence-electron chi connectivity index (χ3n) is 3.63. The Hall–Kier alpha value is -0.370. The standard InChI is InChI=1S/C13H27N3O3S.ClH/c1-4-9-20(18,19)15-11-5-7-16(8-6-11)13(17)12(14)10(2)3;/h10-12,15H,4-9,14H2,1-3H3;1H/t12-;/m0./s1. The summed E-state index contributed by atoms with van der Waals surface area (Å²) < 4.78 is 26.1. The largest absolute Gasteiger partial charge is 0.341 e. The number of carbonyl (C=O) groups excluding carboxylic acids is 1. The number of hydrogen-bond acceptors (Lipinski definition) is 4. The Morgan fingerprint density at radius 2 is 1.86 bits per heavy atom. The number of amides is 1. The molecule has 0 aromatic rings. The summed E-state index contributed by atoms with van der Waals surface area (Å²) in [6, 6.07) is -0.533. The van der Waals surface area contributed by atoms with E-state index in [1.165, 1.54) is 0 Å². The van der Waals surface area contributed by atoms with Crippen molar-refractivity contribution in [3.8, 4) is 0 Å². The van der Waals surface area contributed by atoms with Gasteiger partial charge in [0.2, 0.25) is 15.9 Å². The molecule has 126 valence electrons. The van der Waals surface area contributed by atoms with Gasteiger partial charge in [-0.05, 0) is 25.2 Å². The van der Waals surface area contributed by atoms with Crippen LogP contribution in [0, 0.1) is 5.92 Å². The predicted octanol–water partition coefficient (Wildman–Crippen LogP) is 0.712. The van der Waals surface area contributed by atoms with E-state index in [-0.39, 0.29) is 36.0 Å². The Morgan fingerprint density at radius 1 is 1.33 bits per heavy atom. The van der Waals surface area contributed by atoms with Crippen LogP contribution in [0.1, 0.15) is 40.0 Å². The first-order valence-electron chi connectivity index (χ1n) is 7.31. The Morgan fingerprint density at radius 3 is 2.29 bits per heavy atom. The molecule has 1 atom stereocenters. The third kappa shape index (κ3) is 6.50. The van der Waals surface area contributed by atoms with E-state index in [4.69, 9.17) is 5.73 Å². The van der Waals surface area contributed by atoms with Gasteiger partial charge in [0.25, 0.3) is 0 Å². The summed E-state index contributed by atoms with van der Waals surface area (Å²) >= 11 is 0. The van der Waals surface area contributed by atoms with Crippen LogP contribution in [-0.4, -0.2) is 50.2 Å². The molecule has 0 aromatic heterocycles. The lowest BCUT2D eigenvalue weighted by Crippen LogP contribution is -2.52. The minimum absolute atomic E-state index is 0. The summed E-state index contributed by atoms with van der Waals surface area (Å²) in [5.41, 5.74) is 5.86. The summed E-state index contributed by atoms with van der Waals surface area (Å²) in [6.07, 6.45) is 1.91. The number of rotatable bonds is 6. The predicted molar refractivity (Wildman–Crippen MR) is 86.9 cm³/mol. The molecule has 1 fully saturated rings. The van der Waals surface area contributed by atoms with Gasteiger partial charge in [-0.2, -0.15) is 0 Å². The highest BCUT2D eigenvalue weighted by atomic mass is 35.5. The van der Waals surface area contributed by atoms with Crippen molar-refractivity contribution in [1.29, 1.82) is 0 Å². The van der Waals surface area contributed by atoms with Crippen LogP contribution in [0.25, 0.3) is 0 Å². The number of nitrogens with one attached hydrogen (secondary N) is 1. The van der Waals surface area contributed by atoms with Crippen LogP contribution >= 0.6 is 12.4 Å². The second-order valence-electron chi connectivity index (χ2n) is 5.81. The van der Waals surface area contributed by atoms with E-state index in [2.05, 4.69) is 4.72 Å². The summed E-state index contributed by atoms with van der Waals surface area (Å²) in [5, 5.41) is 0. The first-order chi connectivity index (χ1) is 9.26. The average Bonchev–Trinajstić information content (AvgIpc) is 2.37. The molecule has 1 heterocycles. The molecule has 1 aliphatic heterocycles. The second-order valence-corrected chi connectivity index (χ2v) is 7.68. The molecule has 0 saturated carbocycles. The summed E-state index contributed by atoms with van der Waals surface area (Å²) in [5.74, 6) is 0.239. The van der Waals surface area contributed by atoms with Crippen molar-refractivity contribution in [3.05, 3.63) is 0 Å². The van der Waals surface area contributed by atoms with Gasteiger partial charge in [-0.1, -0.05) is 20.8 Å². The van der Waals surface area contributed by atoms with Crippen molar-refractivity contribution >= 4 is 28.3 Å². The first-order valence-corrected chi connectivity index (χ1v) is 8.96. The third-order valence-corrected chi connectivity index (χ3v) is 5.27. The van der Waals surface area contributed by atoms with Crippen LogP contribution in [0.15, 0.2) is 0 Å². The van der Waals surface area contributed by atoms with Gasteiger partial charge in [0.15, 0.2) is 0 Å². The fourth-order valence-electron chi connectivity index (χ4n) is 2.30. The van der Waals surface area contributed by atoms with Crippen molar-refractivity contribution < 1.29 is 13.2 Å². The SMILES string of the molecule is CCCS(=O)(=O)NC1CCN(C(=O)[C@@H](N)C(C)C)CC1.Cl. The number of nitrogens with two attached hydrogens (primary N) is 1. The molecular weight excluding hydrogens is 314 g/mol. The quantitative estimate of drug-likeness (QED) is 0.744. The lowest BCUT2D eigenvalue weighted by molar-refractivity contribution is -0.134. The molecule has 6 nitrogen and oxygen atoms in total. The summed E-state index contributed by atoms with van der Waals surface area (Å²) in [7, 11) is -3.18. The Bertz CT molecular complexity index is 420. The number of hydrogen-bond donors (Lipinski definition) is 2. The molecule has 1 amide bonds. The monoisotopic (exact) mass is 341 g/mol. The fraction of sp³-hybridized carbons (Fsp3) is 0.923. The van der Waals surface area contributed by atoms with Crippen molar-refractivity contribution in [2.45, 2.75) is 52.1 Å². The number of sulfonamides is 1. The Kier molecular flexibility index (Phi) is 8.77. The number of nitrogens with zero attached hydrogens (tertiary/aromatic N) is 1. The van der Waals surface area contributed by atoms with E-state index in [9.17, 15) is 13.2 Å². The smallest absolute Gasteiger partial charge is 0.239 e. The highest BCUT2D eigenvalue weighted by Crippen LogP contribution is 2.14. The molecule has 1 rings (SSSR count). The Labute approximate surface area is 134 Å². The maximum absolute atomic E-state index is 12.1. The van der Waals surface area contributed by atoms with E-state index in [1.54, 1.807) is 4.90 Å². The molecule has 0 spiro atoms. The van der Waals surface area contributed by atoms with Gasteiger partial charge >= 0.3 is 0 Å². The van der Waals surface area contributed by atoms with E-state index in [1.807, 2.05) is 20.8 Å². The first kappa shape index (κ1) is 20.6. The molecule has 0 radical (unpaired) electrons. The van der Waals surface area contributed by atoms with Crippen LogP contribution in [-0.2, 0) is 14.8 Å². The number of piperidine rings is 1. The van der Waals surface area contributed by atoms with Crippen molar-refractivity contribution in [1.82, 2.24) is 9.62 Å². The molecule has 0 aliphatic carbocycles. The van der Waals surface area contributed by atoms with Crippen molar-refractivity contribution in [2.24, 2.45) is 11.7 Å². The lowest BCUT2D eigenvalue weighted by Gasteiger charge is -2.34. The maximum Gasteiger partial charge on any atom is 0.239 e. The average molecular weight is 342 g/mol. The van der Waals surface area contributed by atoms with Crippen LogP contribution in [0.4, 0.5) is 0 Å². The zero-order chi connectivity index (χ0) is 15.3. The molecule has 8 heteroatoms. The van der Waals surface area contributed by atoms with Crippen LogP contribution < -0.4 is 10.5 Å². The van der Waals surface area contributed by atoms with Gasteiger partial charge in [-0.3, -0.25) is 4.79 Å². The van der Waals surface area contributed by atoms with Crippen LogP contribution in [0.2, 0.25) is 0 Å². The van der Waals surface area contributed by atoms with E-state index in [0.717, 1.165) is 0 Å². The number of halogens is 1. The van der Waals surface area contributed by atoms with E-state index >= 15 is 0 Å². The number of carbonyl (C=O) groups is 1. The van der Waals surface area contributed by atoms with E-state index < -0.39 is 16.1 Å². The summed E-state index contributed by atoms with van der Waals surface area (Å²) in [6.45, 7) is 6.83. The van der Waals surface area contributed by atoms with Crippen molar-refractivity contribution in [2.75, 3.05) is 18.8 Å². The molecular formula is C13H28ClN3O3S. The molecule has 0 bridgehead atoms. The lowest BCUT2D eigenvalue weighted by atomic mass is 10.0. The maximum atomic E-state index is 12.1. The molecule has 1 aliphatic rings. The number of likely N-dealkylation sites (tertiary alicyclic amines) is 1. The Balaban J connectivity index is 0.00000400. The van der Waals surface area contributed by atoms with Crippen molar-refractivity contribution in [3.63, 3.8) is 0 Å². The molecule has 1 saturated heterocycles. The summed E-state index contributed by atoms with van der Waals surface area (Å²) in [4.78, 5) is 13.8. The zero-order valence-corrected chi connectivity index (χ0v) is 14.7. The van der Waals surface area contributed by atoms with Gasteiger partial charge in [-0.25, -0.2) is 13.1 Å². The molecule has 21 heavy (non-hydrogen) atoms. The van der Waals surface area contributed by atoms with Crippen LogP contribution in [0.5, 0.6) is 0 Å². The van der Waals surface area contributed by atoms with E-state index in [0.29, 0.717) is 32.4 Å². The van der Waals surface area contributed by atoms with Crippen LogP contribution in [0.3, 0.4) is 0 Å². The van der Waals surface area contributed by atoms with Gasteiger partial charge in [-0.15, -0.1) is 12.4 Å².